The molecule has 0 bridgehead atoms. The number of ether oxygens (including phenoxy) is 2. The Balaban J connectivity index is 2.54. The topological polar surface area (TPSA) is 114 Å². The quantitative estimate of drug-likeness (QED) is 0.156. The summed E-state index contributed by atoms with van der Waals surface area (Å²) in [5.74, 6) is -1.47. The molecule has 3 unspecified atom stereocenters. The molecular weight excluding hydrogens is 484 g/mol. The van der Waals surface area contributed by atoms with Crippen molar-refractivity contribution < 1.29 is 29.0 Å². The maximum atomic E-state index is 12.2. The second-order valence-electron chi connectivity index (χ2n) is 9.11. The molecule has 8 nitrogen and oxygen atoms in total. The number of aliphatic carboxylic acids is 1. The molecule has 0 spiro atoms. The van der Waals surface area contributed by atoms with Crippen molar-refractivity contribution >= 4 is 23.9 Å². The van der Waals surface area contributed by atoms with Gasteiger partial charge in [-0.15, -0.1) is 0 Å². The summed E-state index contributed by atoms with van der Waals surface area (Å²) in [6, 6.07) is 10.1. The molecule has 3 N–H and O–H groups in total. The first kappa shape index (κ1) is 32.5. The van der Waals surface area contributed by atoms with Crippen LogP contribution in [0.5, 0.6) is 0 Å². The van der Waals surface area contributed by atoms with Crippen LogP contribution in [0.3, 0.4) is 0 Å². The highest BCUT2D eigenvalue weighted by atomic mass is 16.5. The number of nitrogens with one attached hydrogen (secondary N) is 2. The molecular formula is C30H42N2O6. The van der Waals surface area contributed by atoms with Gasteiger partial charge in [-0.2, -0.15) is 0 Å². The molecule has 8 heteroatoms. The van der Waals surface area contributed by atoms with Crippen molar-refractivity contribution in [2.45, 2.75) is 52.2 Å². The van der Waals surface area contributed by atoms with Gasteiger partial charge in [0.1, 0.15) is 6.54 Å². The van der Waals surface area contributed by atoms with Crippen molar-refractivity contribution in [1.29, 1.82) is 0 Å². The monoisotopic (exact) mass is 526 g/mol. The molecule has 1 rings (SSSR count). The fourth-order valence-electron chi connectivity index (χ4n) is 3.91. The van der Waals surface area contributed by atoms with Crippen LogP contribution in [0.1, 0.15) is 45.6 Å². The molecule has 0 aliphatic rings. The number of allylic oxidation sites excluding steroid dienone is 3. The van der Waals surface area contributed by atoms with Gasteiger partial charge in [0.15, 0.2) is 0 Å². The van der Waals surface area contributed by atoms with E-state index in [4.69, 9.17) is 14.6 Å². The molecule has 1 aromatic rings. The number of carboxylic acids is 1. The number of rotatable bonds is 17. The van der Waals surface area contributed by atoms with Gasteiger partial charge in [-0.05, 0) is 30.9 Å². The lowest BCUT2D eigenvalue weighted by Gasteiger charge is -2.30. The van der Waals surface area contributed by atoms with E-state index in [-0.39, 0.29) is 48.8 Å². The summed E-state index contributed by atoms with van der Waals surface area (Å²) in [6.07, 6.45) is 14.0. The summed E-state index contributed by atoms with van der Waals surface area (Å²) in [6.45, 7) is 5.66. The Kier molecular flexibility index (Phi) is 16.0. The Morgan fingerprint density at radius 2 is 1.76 bits per heavy atom. The number of carbonyl (C=O) groups excluding carboxylic acids is 2. The highest BCUT2D eigenvalue weighted by Crippen LogP contribution is 2.24. The Morgan fingerprint density at radius 3 is 2.39 bits per heavy atom. The van der Waals surface area contributed by atoms with Crippen molar-refractivity contribution in [3.05, 3.63) is 78.0 Å². The average molecular weight is 527 g/mol. The zero-order valence-corrected chi connectivity index (χ0v) is 23.1. The van der Waals surface area contributed by atoms with E-state index in [0.29, 0.717) is 12.8 Å². The predicted molar refractivity (Wildman–Crippen MR) is 150 cm³/mol. The zero-order valence-electron chi connectivity index (χ0n) is 23.1. The summed E-state index contributed by atoms with van der Waals surface area (Å²) >= 11 is 0. The van der Waals surface area contributed by atoms with E-state index in [9.17, 15) is 14.4 Å². The number of carbonyl (C=O) groups is 3. The highest BCUT2D eigenvalue weighted by Gasteiger charge is 2.27. The normalized spacial score (nSPS) is 15.4. The van der Waals surface area contributed by atoms with E-state index in [1.807, 2.05) is 49.4 Å². The average Bonchev–Trinajstić information content (AvgIpc) is 2.89. The first-order valence-electron chi connectivity index (χ1n) is 12.8. The van der Waals surface area contributed by atoms with Gasteiger partial charge in [0.25, 0.3) is 0 Å². The zero-order chi connectivity index (χ0) is 28.3. The van der Waals surface area contributed by atoms with Gasteiger partial charge in [0.2, 0.25) is 11.8 Å². The third-order valence-corrected chi connectivity index (χ3v) is 5.95. The van der Waals surface area contributed by atoms with Crippen LogP contribution in [0.2, 0.25) is 0 Å². The molecule has 0 heterocycles. The lowest BCUT2D eigenvalue weighted by Crippen LogP contribution is -2.35. The second kappa shape index (κ2) is 18.7. The lowest BCUT2D eigenvalue weighted by molar-refractivity contribution is -0.137. The van der Waals surface area contributed by atoms with Crippen LogP contribution >= 0.6 is 0 Å². The fraction of sp³-hybridized carbons (Fsp3) is 0.433. The summed E-state index contributed by atoms with van der Waals surface area (Å²) < 4.78 is 11.6. The van der Waals surface area contributed by atoms with Gasteiger partial charge >= 0.3 is 5.97 Å². The number of hydrogen-bond donors (Lipinski definition) is 3. The van der Waals surface area contributed by atoms with Crippen LogP contribution in [-0.4, -0.2) is 55.9 Å². The number of benzene rings is 1. The van der Waals surface area contributed by atoms with Crippen LogP contribution in [0.15, 0.2) is 72.5 Å². The second-order valence-corrected chi connectivity index (χ2v) is 9.11. The minimum Gasteiger partial charge on any atom is -0.480 e. The van der Waals surface area contributed by atoms with Crippen molar-refractivity contribution in [2.24, 2.45) is 11.8 Å². The van der Waals surface area contributed by atoms with Crippen molar-refractivity contribution in [3.8, 4) is 0 Å². The summed E-state index contributed by atoms with van der Waals surface area (Å²) in [7, 11) is 3.40. The molecule has 0 fully saturated rings. The van der Waals surface area contributed by atoms with Gasteiger partial charge in [-0.3, -0.25) is 14.4 Å². The van der Waals surface area contributed by atoms with E-state index in [0.717, 1.165) is 11.1 Å². The minimum absolute atomic E-state index is 0.0804. The van der Waals surface area contributed by atoms with Crippen LogP contribution in [0, 0.1) is 11.8 Å². The summed E-state index contributed by atoms with van der Waals surface area (Å²) in [4.78, 5) is 34.0. The highest BCUT2D eigenvalue weighted by molar-refractivity contribution is 5.89. The van der Waals surface area contributed by atoms with Gasteiger partial charge in [-0.1, -0.05) is 74.6 Å². The number of carboxylic acid groups (broad SMARTS) is 1. The van der Waals surface area contributed by atoms with E-state index in [1.54, 1.807) is 26.5 Å². The summed E-state index contributed by atoms with van der Waals surface area (Å²) in [5, 5.41) is 13.5. The maximum Gasteiger partial charge on any atom is 0.322 e. The van der Waals surface area contributed by atoms with Crippen LogP contribution < -0.4 is 10.6 Å². The number of unbranched alkanes of at least 4 members (excludes halogenated alkanes) is 1. The minimum atomic E-state index is -1.08. The predicted octanol–water partition coefficient (Wildman–Crippen LogP) is 4.51. The van der Waals surface area contributed by atoms with Crippen LogP contribution in [0.4, 0.5) is 0 Å². The lowest BCUT2D eigenvalue weighted by atomic mass is 9.88. The Labute approximate surface area is 226 Å². The number of methoxy groups -OCH3 is 2. The first-order valence-corrected chi connectivity index (χ1v) is 12.8. The Bertz CT molecular complexity index is 984. The van der Waals surface area contributed by atoms with E-state index >= 15 is 0 Å². The molecule has 4 atom stereocenters. The smallest absolute Gasteiger partial charge is 0.322 e. The van der Waals surface area contributed by atoms with Crippen LogP contribution in [0.25, 0.3) is 6.08 Å². The van der Waals surface area contributed by atoms with E-state index in [1.165, 1.54) is 6.08 Å². The molecule has 38 heavy (non-hydrogen) atoms. The van der Waals surface area contributed by atoms with Crippen molar-refractivity contribution in [3.63, 3.8) is 0 Å². The van der Waals surface area contributed by atoms with Gasteiger partial charge in [0.05, 0.1) is 12.2 Å². The fourth-order valence-corrected chi connectivity index (χ4v) is 3.91. The third kappa shape index (κ3) is 13.7. The molecule has 0 aliphatic heterocycles. The number of amides is 2. The molecule has 0 aromatic heterocycles. The standard InChI is InChI=1S/C30H42N2O6/c1-22(20-28(34)31-19-11-7-10-14-27(33)32-21-29(35)36)15-16-23(2)30(38-5)24(3)26(37-4)18-17-25-12-8-6-9-13-25/h6,8-9,11-13,15-20,23-24,26,30H,7,10,14,21H2,1-5H3,(H,31,34)(H,32,33)(H,35,36)/b16-15+,18-17+,19-11-,22-20+/t23?,24?,26?,30-/m0/s1. The van der Waals surface area contributed by atoms with Gasteiger partial charge < -0.3 is 25.2 Å². The number of hydrogen-bond acceptors (Lipinski definition) is 5. The third-order valence-electron chi connectivity index (χ3n) is 5.95. The largest absolute Gasteiger partial charge is 0.480 e. The molecule has 0 saturated heterocycles. The van der Waals surface area contributed by atoms with E-state index in [2.05, 4.69) is 36.6 Å². The van der Waals surface area contributed by atoms with E-state index < -0.39 is 5.97 Å². The Morgan fingerprint density at radius 1 is 1.05 bits per heavy atom. The van der Waals surface area contributed by atoms with Gasteiger partial charge in [-0.25, -0.2) is 0 Å². The molecule has 2 amide bonds. The SMILES string of the molecule is COC(/C=C/c1ccccc1)C(C)[C@@H](OC)C(C)/C=C/C(C)=C/C(=O)N/C=C\CCCC(=O)NCC(=O)O. The molecule has 0 radical (unpaired) electrons. The Hall–Kier alpha value is -3.49. The first-order chi connectivity index (χ1) is 18.2. The van der Waals surface area contributed by atoms with Crippen molar-refractivity contribution in [2.75, 3.05) is 20.8 Å². The molecule has 208 valence electrons. The van der Waals surface area contributed by atoms with Crippen LogP contribution in [-0.2, 0) is 23.9 Å². The molecule has 0 aliphatic carbocycles. The molecule has 0 saturated carbocycles. The van der Waals surface area contributed by atoms with Crippen molar-refractivity contribution in [1.82, 2.24) is 10.6 Å². The summed E-state index contributed by atoms with van der Waals surface area (Å²) in [5.41, 5.74) is 1.91. The molecule has 1 aromatic carbocycles. The van der Waals surface area contributed by atoms with Gasteiger partial charge in [0, 0.05) is 44.8 Å². The maximum absolute atomic E-state index is 12.2.